The second-order valence-corrected chi connectivity index (χ2v) is 3.62. The Morgan fingerprint density at radius 3 is 2.86 bits per heavy atom. The number of hydrogen-bond acceptors (Lipinski definition) is 3. The van der Waals surface area contributed by atoms with Crippen molar-refractivity contribution >= 4 is 0 Å². The van der Waals surface area contributed by atoms with E-state index in [1.54, 1.807) is 13.2 Å². The van der Waals surface area contributed by atoms with Crippen LogP contribution in [-0.4, -0.2) is 23.4 Å². The third-order valence-corrected chi connectivity index (χ3v) is 2.74. The van der Waals surface area contributed by atoms with Crippen LogP contribution >= 0.6 is 0 Å². The SMILES string of the molecule is COc1ccc2c(c1)CC[C@H](O)[C@@H]2O. The Morgan fingerprint density at radius 1 is 1.36 bits per heavy atom. The summed E-state index contributed by atoms with van der Waals surface area (Å²) in [7, 11) is 1.62. The molecule has 1 aromatic carbocycles. The molecule has 1 aliphatic rings. The molecule has 76 valence electrons. The van der Waals surface area contributed by atoms with E-state index in [1.165, 1.54) is 0 Å². The summed E-state index contributed by atoms with van der Waals surface area (Å²) in [5, 5.41) is 19.2. The molecule has 0 saturated carbocycles. The summed E-state index contributed by atoms with van der Waals surface area (Å²) in [6.45, 7) is 0. The topological polar surface area (TPSA) is 49.7 Å². The van der Waals surface area contributed by atoms with Crippen molar-refractivity contribution in [3.05, 3.63) is 29.3 Å². The van der Waals surface area contributed by atoms with Gasteiger partial charge in [-0.3, -0.25) is 0 Å². The first-order valence-electron chi connectivity index (χ1n) is 4.75. The predicted molar refractivity (Wildman–Crippen MR) is 52.3 cm³/mol. The van der Waals surface area contributed by atoms with E-state index in [2.05, 4.69) is 0 Å². The molecule has 0 bridgehead atoms. The smallest absolute Gasteiger partial charge is 0.119 e. The molecular weight excluding hydrogens is 180 g/mol. The maximum atomic E-state index is 9.70. The molecule has 0 amide bonds. The molecule has 2 rings (SSSR count). The second-order valence-electron chi connectivity index (χ2n) is 3.62. The van der Waals surface area contributed by atoms with Crippen LogP contribution in [0.5, 0.6) is 5.75 Å². The van der Waals surface area contributed by atoms with Gasteiger partial charge in [0.05, 0.1) is 13.2 Å². The highest BCUT2D eigenvalue weighted by molar-refractivity contribution is 5.39. The summed E-state index contributed by atoms with van der Waals surface area (Å²) >= 11 is 0. The van der Waals surface area contributed by atoms with E-state index in [0.717, 1.165) is 23.3 Å². The summed E-state index contributed by atoms with van der Waals surface area (Å²) in [6, 6.07) is 5.55. The number of aryl methyl sites for hydroxylation is 1. The molecule has 0 radical (unpaired) electrons. The fourth-order valence-corrected chi connectivity index (χ4v) is 1.88. The van der Waals surface area contributed by atoms with E-state index in [4.69, 9.17) is 4.74 Å². The summed E-state index contributed by atoms with van der Waals surface area (Å²) in [5.74, 6) is 0.798. The van der Waals surface area contributed by atoms with Crippen LogP contribution < -0.4 is 4.74 Å². The Labute approximate surface area is 83.0 Å². The lowest BCUT2D eigenvalue weighted by atomic mass is 9.87. The number of ether oxygens (including phenoxy) is 1. The number of fused-ring (bicyclic) bond motifs is 1. The summed E-state index contributed by atoms with van der Waals surface area (Å²) in [5.41, 5.74) is 1.90. The fraction of sp³-hybridized carbons (Fsp3) is 0.455. The summed E-state index contributed by atoms with van der Waals surface area (Å²) in [6.07, 6.45) is 0.0343. The van der Waals surface area contributed by atoms with Crippen molar-refractivity contribution < 1.29 is 14.9 Å². The van der Waals surface area contributed by atoms with Crippen molar-refractivity contribution in [1.82, 2.24) is 0 Å². The monoisotopic (exact) mass is 194 g/mol. The molecule has 2 N–H and O–H groups in total. The molecule has 0 unspecified atom stereocenters. The molecule has 2 atom stereocenters. The van der Waals surface area contributed by atoms with Gasteiger partial charge in [0.1, 0.15) is 11.9 Å². The van der Waals surface area contributed by atoms with E-state index < -0.39 is 12.2 Å². The van der Waals surface area contributed by atoms with Crippen LogP contribution in [0.25, 0.3) is 0 Å². The van der Waals surface area contributed by atoms with Crippen LogP contribution in [0, 0.1) is 0 Å². The number of benzene rings is 1. The average Bonchev–Trinajstić information content (AvgIpc) is 2.23. The third-order valence-electron chi connectivity index (χ3n) is 2.74. The number of rotatable bonds is 1. The Balaban J connectivity index is 2.38. The van der Waals surface area contributed by atoms with Gasteiger partial charge in [-0.25, -0.2) is 0 Å². The lowest BCUT2D eigenvalue weighted by Crippen LogP contribution is -2.24. The van der Waals surface area contributed by atoms with E-state index in [-0.39, 0.29) is 0 Å². The summed E-state index contributed by atoms with van der Waals surface area (Å²) < 4.78 is 5.10. The van der Waals surface area contributed by atoms with Crippen molar-refractivity contribution in [2.75, 3.05) is 7.11 Å². The lowest BCUT2D eigenvalue weighted by molar-refractivity contribution is 0.00644. The first kappa shape index (κ1) is 9.49. The zero-order valence-corrected chi connectivity index (χ0v) is 8.10. The van der Waals surface area contributed by atoms with E-state index in [1.807, 2.05) is 12.1 Å². The fourth-order valence-electron chi connectivity index (χ4n) is 1.88. The van der Waals surface area contributed by atoms with Crippen LogP contribution in [0.1, 0.15) is 23.7 Å². The van der Waals surface area contributed by atoms with Crippen molar-refractivity contribution in [3.63, 3.8) is 0 Å². The molecule has 0 heterocycles. The maximum absolute atomic E-state index is 9.70. The molecule has 0 saturated heterocycles. The van der Waals surface area contributed by atoms with Gasteiger partial charge in [0.25, 0.3) is 0 Å². The average molecular weight is 194 g/mol. The molecule has 0 spiro atoms. The van der Waals surface area contributed by atoms with Crippen molar-refractivity contribution in [3.8, 4) is 5.75 Å². The van der Waals surface area contributed by atoms with Crippen LogP contribution in [-0.2, 0) is 6.42 Å². The zero-order chi connectivity index (χ0) is 10.1. The van der Waals surface area contributed by atoms with Gasteiger partial charge in [-0.2, -0.15) is 0 Å². The highest BCUT2D eigenvalue weighted by Gasteiger charge is 2.26. The molecule has 1 aliphatic carbocycles. The second kappa shape index (κ2) is 3.59. The highest BCUT2D eigenvalue weighted by atomic mass is 16.5. The van der Waals surface area contributed by atoms with Crippen LogP contribution in [0.4, 0.5) is 0 Å². The molecule has 1 aromatic rings. The van der Waals surface area contributed by atoms with Gasteiger partial charge in [-0.05, 0) is 36.1 Å². The molecule has 0 aromatic heterocycles. The van der Waals surface area contributed by atoms with Gasteiger partial charge in [0.15, 0.2) is 0 Å². The first-order valence-corrected chi connectivity index (χ1v) is 4.75. The molecular formula is C11H14O3. The van der Waals surface area contributed by atoms with Gasteiger partial charge in [0, 0.05) is 0 Å². The minimum absolute atomic E-state index is 0.612. The molecule has 3 nitrogen and oxygen atoms in total. The van der Waals surface area contributed by atoms with Crippen molar-refractivity contribution in [2.24, 2.45) is 0 Å². The highest BCUT2D eigenvalue weighted by Crippen LogP contribution is 2.32. The lowest BCUT2D eigenvalue weighted by Gasteiger charge is -2.26. The maximum Gasteiger partial charge on any atom is 0.119 e. The van der Waals surface area contributed by atoms with E-state index in [0.29, 0.717) is 6.42 Å². The first-order chi connectivity index (χ1) is 6.72. The molecule has 3 heteroatoms. The van der Waals surface area contributed by atoms with Crippen LogP contribution in [0.15, 0.2) is 18.2 Å². The van der Waals surface area contributed by atoms with Gasteiger partial charge < -0.3 is 14.9 Å². The molecule has 0 aliphatic heterocycles. The number of aliphatic hydroxyl groups is 2. The largest absolute Gasteiger partial charge is 0.497 e. The number of hydrogen-bond donors (Lipinski definition) is 2. The normalized spacial score (nSPS) is 25.6. The Kier molecular flexibility index (Phi) is 2.44. The minimum atomic E-state index is -0.746. The Hall–Kier alpha value is -1.06. The summed E-state index contributed by atoms with van der Waals surface area (Å²) in [4.78, 5) is 0. The van der Waals surface area contributed by atoms with Gasteiger partial charge >= 0.3 is 0 Å². The Bertz CT molecular complexity index is 335. The quantitative estimate of drug-likeness (QED) is 0.702. The van der Waals surface area contributed by atoms with Gasteiger partial charge in [-0.15, -0.1) is 0 Å². The van der Waals surface area contributed by atoms with Crippen LogP contribution in [0.3, 0.4) is 0 Å². The van der Waals surface area contributed by atoms with Crippen molar-refractivity contribution in [2.45, 2.75) is 25.0 Å². The number of methoxy groups -OCH3 is 1. The Morgan fingerprint density at radius 2 is 2.14 bits per heavy atom. The minimum Gasteiger partial charge on any atom is -0.497 e. The van der Waals surface area contributed by atoms with E-state index >= 15 is 0 Å². The van der Waals surface area contributed by atoms with Gasteiger partial charge in [0.2, 0.25) is 0 Å². The standard InChI is InChI=1S/C11H14O3/c1-14-8-3-4-9-7(6-8)2-5-10(12)11(9)13/h3-4,6,10-13H,2,5H2,1H3/t10-,11+/m0/s1. The number of aliphatic hydroxyl groups excluding tert-OH is 2. The van der Waals surface area contributed by atoms with E-state index in [9.17, 15) is 10.2 Å². The zero-order valence-electron chi connectivity index (χ0n) is 8.10. The van der Waals surface area contributed by atoms with Gasteiger partial charge in [-0.1, -0.05) is 6.07 Å². The molecule has 14 heavy (non-hydrogen) atoms. The predicted octanol–water partition coefficient (Wildman–Crippen LogP) is 1.04. The molecule has 0 fully saturated rings. The third kappa shape index (κ3) is 1.49. The van der Waals surface area contributed by atoms with Crippen molar-refractivity contribution in [1.29, 1.82) is 0 Å². The van der Waals surface area contributed by atoms with Crippen LogP contribution in [0.2, 0.25) is 0 Å².